The first-order valence-electron chi connectivity index (χ1n) is 9.47. The lowest BCUT2D eigenvalue weighted by Gasteiger charge is -2.25. The molecule has 5 nitrogen and oxygen atoms in total. The van der Waals surface area contributed by atoms with Crippen molar-refractivity contribution in [2.75, 3.05) is 26.7 Å². The molecule has 0 aromatic heterocycles. The Bertz CT molecular complexity index is 599. The molecule has 1 heterocycles. The van der Waals surface area contributed by atoms with Gasteiger partial charge in [0.05, 0.1) is 0 Å². The van der Waals surface area contributed by atoms with Crippen molar-refractivity contribution in [3.63, 3.8) is 0 Å². The van der Waals surface area contributed by atoms with Gasteiger partial charge < -0.3 is 15.5 Å². The van der Waals surface area contributed by atoms with Gasteiger partial charge >= 0.3 is 0 Å². The SMILES string of the molecule is CN=C(NCCC(=O)NCc1ccccc1)N1CCC2(CCCC2)C1.I. The van der Waals surface area contributed by atoms with Crippen molar-refractivity contribution in [2.45, 2.75) is 45.1 Å². The molecular formula is C20H31IN4O. The summed E-state index contributed by atoms with van der Waals surface area (Å²) in [5.74, 6) is 1.01. The Labute approximate surface area is 174 Å². The van der Waals surface area contributed by atoms with Crippen molar-refractivity contribution in [3.05, 3.63) is 35.9 Å². The minimum atomic E-state index is 0. The lowest BCUT2D eigenvalue weighted by atomic mass is 9.86. The summed E-state index contributed by atoms with van der Waals surface area (Å²) in [4.78, 5) is 18.8. The number of carbonyl (C=O) groups is 1. The van der Waals surface area contributed by atoms with E-state index in [0.717, 1.165) is 24.6 Å². The molecule has 6 heteroatoms. The van der Waals surface area contributed by atoms with Crippen LogP contribution in [0.15, 0.2) is 35.3 Å². The third kappa shape index (κ3) is 5.59. The highest BCUT2D eigenvalue weighted by atomic mass is 127. The molecule has 0 atom stereocenters. The Hall–Kier alpha value is -1.31. The molecule has 0 unspecified atom stereocenters. The van der Waals surface area contributed by atoms with Gasteiger partial charge in [-0.05, 0) is 30.2 Å². The van der Waals surface area contributed by atoms with E-state index >= 15 is 0 Å². The molecule has 3 rings (SSSR count). The fourth-order valence-corrected chi connectivity index (χ4v) is 4.15. The minimum Gasteiger partial charge on any atom is -0.356 e. The van der Waals surface area contributed by atoms with Gasteiger partial charge in [-0.1, -0.05) is 43.2 Å². The van der Waals surface area contributed by atoms with E-state index < -0.39 is 0 Å². The van der Waals surface area contributed by atoms with E-state index in [2.05, 4.69) is 20.5 Å². The summed E-state index contributed by atoms with van der Waals surface area (Å²) in [6, 6.07) is 9.99. The molecule has 2 fully saturated rings. The van der Waals surface area contributed by atoms with E-state index in [0.29, 0.717) is 24.9 Å². The molecule has 1 aliphatic carbocycles. The highest BCUT2D eigenvalue weighted by molar-refractivity contribution is 14.0. The molecule has 1 amide bonds. The van der Waals surface area contributed by atoms with E-state index in [1.54, 1.807) is 0 Å². The molecule has 1 aromatic carbocycles. The van der Waals surface area contributed by atoms with E-state index in [-0.39, 0.29) is 29.9 Å². The van der Waals surface area contributed by atoms with Crippen LogP contribution >= 0.6 is 24.0 Å². The number of benzene rings is 1. The number of halogens is 1. The van der Waals surface area contributed by atoms with Gasteiger partial charge in [0.25, 0.3) is 0 Å². The maximum atomic E-state index is 12.0. The van der Waals surface area contributed by atoms with Crippen LogP contribution in [-0.4, -0.2) is 43.4 Å². The Morgan fingerprint density at radius 3 is 2.58 bits per heavy atom. The van der Waals surface area contributed by atoms with Crippen molar-refractivity contribution < 1.29 is 4.79 Å². The van der Waals surface area contributed by atoms with Crippen LogP contribution in [0.1, 0.15) is 44.1 Å². The number of amides is 1. The Morgan fingerprint density at radius 2 is 1.88 bits per heavy atom. The van der Waals surface area contributed by atoms with Gasteiger partial charge in [-0.15, -0.1) is 24.0 Å². The predicted molar refractivity (Wildman–Crippen MR) is 117 cm³/mol. The van der Waals surface area contributed by atoms with Crippen LogP contribution in [0.25, 0.3) is 0 Å². The van der Waals surface area contributed by atoms with E-state index in [4.69, 9.17) is 0 Å². The first-order valence-corrected chi connectivity index (χ1v) is 9.47. The van der Waals surface area contributed by atoms with Gasteiger partial charge in [0.15, 0.2) is 5.96 Å². The Morgan fingerprint density at radius 1 is 1.15 bits per heavy atom. The first-order chi connectivity index (χ1) is 12.2. The van der Waals surface area contributed by atoms with Gasteiger partial charge in [0.1, 0.15) is 0 Å². The average Bonchev–Trinajstić information content (AvgIpc) is 3.28. The fraction of sp³-hybridized carbons (Fsp3) is 0.600. The maximum Gasteiger partial charge on any atom is 0.222 e. The molecule has 0 bridgehead atoms. The van der Waals surface area contributed by atoms with Crippen LogP contribution in [-0.2, 0) is 11.3 Å². The molecule has 26 heavy (non-hydrogen) atoms. The van der Waals surface area contributed by atoms with Crippen molar-refractivity contribution in [3.8, 4) is 0 Å². The summed E-state index contributed by atoms with van der Waals surface area (Å²) in [6.45, 7) is 3.41. The van der Waals surface area contributed by atoms with E-state index in [1.165, 1.54) is 32.1 Å². The van der Waals surface area contributed by atoms with Crippen LogP contribution in [0, 0.1) is 5.41 Å². The zero-order chi connectivity index (χ0) is 17.5. The second-order valence-electron chi connectivity index (χ2n) is 7.36. The largest absolute Gasteiger partial charge is 0.356 e. The monoisotopic (exact) mass is 470 g/mol. The van der Waals surface area contributed by atoms with Crippen molar-refractivity contribution in [1.82, 2.24) is 15.5 Å². The molecule has 0 radical (unpaired) electrons. The van der Waals surface area contributed by atoms with Crippen molar-refractivity contribution >= 4 is 35.8 Å². The minimum absolute atomic E-state index is 0. The molecule has 2 N–H and O–H groups in total. The zero-order valence-electron chi connectivity index (χ0n) is 15.7. The smallest absolute Gasteiger partial charge is 0.222 e. The summed E-state index contributed by atoms with van der Waals surface area (Å²) in [5, 5.41) is 6.33. The highest BCUT2D eigenvalue weighted by Gasteiger charge is 2.40. The average molecular weight is 470 g/mol. The number of rotatable bonds is 5. The lowest BCUT2D eigenvalue weighted by molar-refractivity contribution is -0.121. The number of nitrogens with one attached hydrogen (secondary N) is 2. The number of hydrogen-bond donors (Lipinski definition) is 2. The molecular weight excluding hydrogens is 439 g/mol. The van der Waals surface area contributed by atoms with Gasteiger partial charge in [0.2, 0.25) is 5.91 Å². The van der Waals surface area contributed by atoms with Crippen LogP contribution in [0.2, 0.25) is 0 Å². The number of likely N-dealkylation sites (tertiary alicyclic amines) is 1. The Balaban J connectivity index is 0.00000243. The predicted octanol–water partition coefficient (Wildman–Crippen LogP) is 3.15. The molecule has 1 aromatic rings. The van der Waals surface area contributed by atoms with Gasteiger partial charge in [-0.25, -0.2) is 0 Å². The van der Waals surface area contributed by atoms with Gasteiger partial charge in [-0.3, -0.25) is 9.79 Å². The highest BCUT2D eigenvalue weighted by Crippen LogP contribution is 2.45. The Kier molecular flexibility index (Phi) is 8.18. The van der Waals surface area contributed by atoms with Crippen LogP contribution in [0.3, 0.4) is 0 Å². The lowest BCUT2D eigenvalue weighted by Crippen LogP contribution is -2.42. The summed E-state index contributed by atoms with van der Waals surface area (Å²) in [6.07, 6.45) is 7.23. The third-order valence-electron chi connectivity index (χ3n) is 5.58. The summed E-state index contributed by atoms with van der Waals surface area (Å²) in [5.41, 5.74) is 1.66. The van der Waals surface area contributed by atoms with Gasteiger partial charge in [-0.2, -0.15) is 0 Å². The van der Waals surface area contributed by atoms with Crippen LogP contribution < -0.4 is 10.6 Å². The normalized spacial score (nSPS) is 18.7. The van der Waals surface area contributed by atoms with Crippen molar-refractivity contribution in [2.24, 2.45) is 10.4 Å². The van der Waals surface area contributed by atoms with Crippen LogP contribution in [0.5, 0.6) is 0 Å². The number of guanidine groups is 1. The molecule has 1 spiro atoms. The first kappa shape index (κ1) is 21.0. The van der Waals surface area contributed by atoms with Crippen LogP contribution in [0.4, 0.5) is 0 Å². The molecule has 1 saturated carbocycles. The second kappa shape index (κ2) is 10.1. The molecule has 1 aliphatic heterocycles. The third-order valence-corrected chi connectivity index (χ3v) is 5.58. The molecule has 2 aliphatic rings. The van der Waals surface area contributed by atoms with E-state index in [9.17, 15) is 4.79 Å². The standard InChI is InChI=1S/C20H30N4O.HI/c1-21-19(24-14-12-20(16-24)10-5-6-11-20)22-13-9-18(25)23-15-17-7-3-2-4-8-17;/h2-4,7-8H,5-6,9-16H2,1H3,(H,21,22)(H,23,25);1H. The fourth-order valence-electron chi connectivity index (χ4n) is 4.15. The number of nitrogens with zero attached hydrogens (tertiary/aromatic N) is 2. The quantitative estimate of drug-likeness (QED) is 0.395. The second-order valence-corrected chi connectivity index (χ2v) is 7.36. The molecule has 1 saturated heterocycles. The number of hydrogen-bond acceptors (Lipinski definition) is 2. The molecule has 144 valence electrons. The van der Waals surface area contributed by atoms with E-state index in [1.807, 2.05) is 37.4 Å². The topological polar surface area (TPSA) is 56.7 Å². The summed E-state index contributed by atoms with van der Waals surface area (Å²) < 4.78 is 0. The number of carbonyl (C=O) groups excluding carboxylic acids is 1. The van der Waals surface area contributed by atoms with Gasteiger partial charge in [0, 0.05) is 39.6 Å². The van der Waals surface area contributed by atoms with Crippen molar-refractivity contribution in [1.29, 1.82) is 0 Å². The summed E-state index contributed by atoms with van der Waals surface area (Å²) in [7, 11) is 1.83. The zero-order valence-corrected chi connectivity index (χ0v) is 18.0. The maximum absolute atomic E-state index is 12.0. The summed E-state index contributed by atoms with van der Waals surface area (Å²) >= 11 is 0. The number of aliphatic imine (C=N–C) groups is 1.